The van der Waals surface area contributed by atoms with Crippen LogP contribution in [-0.4, -0.2) is 42.1 Å². The maximum absolute atomic E-state index is 13.9. The molecule has 2 saturated heterocycles. The normalized spacial score (nSPS) is 18.6. The highest BCUT2D eigenvalue weighted by Gasteiger charge is 2.40. The molecule has 27 heavy (non-hydrogen) atoms. The molecular formula is C19H19FN4O3. The van der Waals surface area contributed by atoms with E-state index in [9.17, 15) is 14.4 Å². The number of anilines is 1. The Balaban J connectivity index is 1.62. The van der Waals surface area contributed by atoms with Crippen LogP contribution in [0.25, 0.3) is 0 Å². The summed E-state index contributed by atoms with van der Waals surface area (Å²) in [6.45, 7) is 2.29. The van der Waals surface area contributed by atoms with Crippen LogP contribution >= 0.6 is 0 Å². The van der Waals surface area contributed by atoms with Gasteiger partial charge in [-0.25, -0.2) is 9.37 Å². The molecule has 0 saturated carbocycles. The fourth-order valence-electron chi connectivity index (χ4n) is 3.59. The summed E-state index contributed by atoms with van der Waals surface area (Å²) in [5.41, 5.74) is -0.111. The lowest BCUT2D eigenvalue weighted by Crippen LogP contribution is -2.46. The number of piperidine rings is 1. The molecular weight excluding hydrogens is 351 g/mol. The van der Waals surface area contributed by atoms with E-state index in [0.717, 1.165) is 0 Å². The second-order valence-corrected chi connectivity index (χ2v) is 6.69. The Kier molecular flexibility index (Phi) is 4.64. The fourth-order valence-corrected chi connectivity index (χ4v) is 3.59. The summed E-state index contributed by atoms with van der Waals surface area (Å²) in [4.78, 5) is 21.3. The summed E-state index contributed by atoms with van der Waals surface area (Å²) in [6.07, 6.45) is 1.41. The standard InChI is InChI=1S/C19H19FN4O3/c20-15-4-2-1-3-13(15)11-16-22-17(14(12-21)18(25)23-16)24-7-5-19(6-8-24)26-9-10-27-19/h1-4H,5-11H2,(H,22,23,25). The number of hydrogen-bond acceptors (Lipinski definition) is 6. The van der Waals surface area contributed by atoms with E-state index in [0.29, 0.717) is 56.4 Å². The van der Waals surface area contributed by atoms with Crippen molar-refractivity contribution in [3.63, 3.8) is 0 Å². The van der Waals surface area contributed by atoms with Gasteiger partial charge in [0.1, 0.15) is 17.7 Å². The summed E-state index contributed by atoms with van der Waals surface area (Å²) in [6, 6.07) is 8.29. The molecule has 7 nitrogen and oxygen atoms in total. The molecule has 8 heteroatoms. The van der Waals surface area contributed by atoms with Crippen LogP contribution < -0.4 is 10.5 Å². The molecule has 2 aromatic rings. The largest absolute Gasteiger partial charge is 0.355 e. The number of aromatic nitrogens is 2. The second kappa shape index (κ2) is 7.10. The van der Waals surface area contributed by atoms with Gasteiger partial charge in [0.2, 0.25) is 0 Å². The molecule has 2 aliphatic heterocycles. The number of ether oxygens (including phenoxy) is 2. The smallest absolute Gasteiger partial charge is 0.271 e. The molecule has 4 rings (SSSR count). The van der Waals surface area contributed by atoms with Gasteiger partial charge >= 0.3 is 0 Å². The van der Waals surface area contributed by atoms with Crippen molar-refractivity contribution >= 4 is 5.82 Å². The van der Waals surface area contributed by atoms with Gasteiger partial charge in [-0.05, 0) is 11.6 Å². The third-order valence-electron chi connectivity index (χ3n) is 5.02. The van der Waals surface area contributed by atoms with Crippen molar-refractivity contribution in [2.24, 2.45) is 0 Å². The Morgan fingerprint density at radius 1 is 1.26 bits per heavy atom. The van der Waals surface area contributed by atoms with E-state index in [-0.39, 0.29) is 17.8 Å². The Morgan fingerprint density at radius 3 is 2.63 bits per heavy atom. The number of nitrogens with zero attached hydrogens (tertiary/aromatic N) is 3. The number of nitriles is 1. The molecule has 0 aliphatic carbocycles. The van der Waals surface area contributed by atoms with Crippen LogP contribution in [0.2, 0.25) is 0 Å². The molecule has 2 fully saturated rings. The molecule has 1 aromatic carbocycles. The van der Waals surface area contributed by atoms with Gasteiger partial charge in [0, 0.05) is 32.4 Å². The summed E-state index contributed by atoms with van der Waals surface area (Å²) >= 11 is 0. The average Bonchev–Trinajstić information content (AvgIpc) is 3.12. The van der Waals surface area contributed by atoms with Crippen molar-refractivity contribution in [3.05, 3.63) is 57.4 Å². The minimum atomic E-state index is -0.555. The summed E-state index contributed by atoms with van der Waals surface area (Å²) in [5, 5.41) is 9.41. The highest BCUT2D eigenvalue weighted by Crippen LogP contribution is 2.33. The second-order valence-electron chi connectivity index (χ2n) is 6.69. The highest BCUT2D eigenvalue weighted by molar-refractivity contribution is 5.53. The summed E-state index contributed by atoms with van der Waals surface area (Å²) in [7, 11) is 0. The van der Waals surface area contributed by atoms with Crippen LogP contribution in [0.5, 0.6) is 0 Å². The third-order valence-corrected chi connectivity index (χ3v) is 5.02. The first-order chi connectivity index (χ1) is 13.1. The molecule has 1 N–H and O–H groups in total. The van der Waals surface area contributed by atoms with Crippen LogP contribution in [0.15, 0.2) is 29.1 Å². The van der Waals surface area contributed by atoms with Gasteiger partial charge in [0.15, 0.2) is 17.2 Å². The quantitative estimate of drug-likeness (QED) is 0.885. The molecule has 1 aromatic heterocycles. The number of benzene rings is 1. The first-order valence-corrected chi connectivity index (χ1v) is 8.90. The van der Waals surface area contributed by atoms with E-state index in [1.807, 2.05) is 11.0 Å². The van der Waals surface area contributed by atoms with Crippen LogP contribution in [-0.2, 0) is 15.9 Å². The third kappa shape index (κ3) is 3.44. The number of hydrogen-bond donors (Lipinski definition) is 1. The predicted molar refractivity (Wildman–Crippen MR) is 94.9 cm³/mol. The van der Waals surface area contributed by atoms with Crippen molar-refractivity contribution in [3.8, 4) is 6.07 Å². The van der Waals surface area contributed by atoms with Crippen LogP contribution in [0.3, 0.4) is 0 Å². The molecule has 0 unspecified atom stereocenters. The average molecular weight is 370 g/mol. The first kappa shape index (κ1) is 17.6. The molecule has 0 amide bonds. The molecule has 0 radical (unpaired) electrons. The maximum atomic E-state index is 13.9. The predicted octanol–water partition coefficient (Wildman–Crippen LogP) is 1.71. The number of nitrogens with one attached hydrogen (secondary N) is 1. The van der Waals surface area contributed by atoms with Gasteiger partial charge in [0.05, 0.1) is 13.2 Å². The first-order valence-electron chi connectivity index (χ1n) is 8.90. The van der Waals surface area contributed by atoms with E-state index in [1.54, 1.807) is 18.2 Å². The molecule has 2 aliphatic rings. The SMILES string of the molecule is N#Cc1c(N2CCC3(CC2)OCCO3)nc(Cc2ccccc2F)[nH]c1=O. The van der Waals surface area contributed by atoms with Crippen LogP contribution in [0.4, 0.5) is 10.2 Å². The zero-order valence-electron chi connectivity index (χ0n) is 14.7. The molecule has 140 valence electrons. The lowest BCUT2D eigenvalue weighted by molar-refractivity contribution is -0.169. The number of rotatable bonds is 3. The monoisotopic (exact) mass is 370 g/mol. The highest BCUT2D eigenvalue weighted by atomic mass is 19.1. The van der Waals surface area contributed by atoms with E-state index in [4.69, 9.17) is 9.47 Å². The van der Waals surface area contributed by atoms with E-state index in [2.05, 4.69) is 9.97 Å². The van der Waals surface area contributed by atoms with Crippen molar-refractivity contribution in [2.75, 3.05) is 31.2 Å². The van der Waals surface area contributed by atoms with Gasteiger partial charge in [0.25, 0.3) is 5.56 Å². The Labute approximate surface area is 155 Å². The molecule has 0 atom stereocenters. The van der Waals surface area contributed by atoms with Gasteiger partial charge in [-0.15, -0.1) is 0 Å². The lowest BCUT2D eigenvalue weighted by atomic mass is 10.0. The number of aromatic amines is 1. The van der Waals surface area contributed by atoms with E-state index < -0.39 is 11.3 Å². The molecule has 3 heterocycles. The lowest BCUT2D eigenvalue weighted by Gasteiger charge is -2.38. The number of H-pyrrole nitrogens is 1. The van der Waals surface area contributed by atoms with Gasteiger partial charge < -0.3 is 19.4 Å². The Hall–Kier alpha value is -2.76. The molecule has 0 bridgehead atoms. The summed E-state index contributed by atoms with van der Waals surface area (Å²) in [5.74, 6) is -0.254. The fraction of sp³-hybridized carbons (Fsp3) is 0.421. The van der Waals surface area contributed by atoms with Crippen molar-refractivity contribution in [2.45, 2.75) is 25.0 Å². The zero-order valence-corrected chi connectivity index (χ0v) is 14.7. The van der Waals surface area contributed by atoms with Crippen LogP contribution in [0, 0.1) is 17.1 Å². The minimum Gasteiger partial charge on any atom is -0.355 e. The summed E-state index contributed by atoms with van der Waals surface area (Å²) < 4.78 is 25.4. The van der Waals surface area contributed by atoms with Crippen molar-refractivity contribution in [1.29, 1.82) is 5.26 Å². The van der Waals surface area contributed by atoms with Gasteiger partial charge in [-0.1, -0.05) is 18.2 Å². The minimum absolute atomic E-state index is 0.0310. The van der Waals surface area contributed by atoms with Crippen LogP contribution in [0.1, 0.15) is 29.8 Å². The zero-order chi connectivity index (χ0) is 18.9. The maximum Gasteiger partial charge on any atom is 0.271 e. The topological polar surface area (TPSA) is 91.2 Å². The Morgan fingerprint density at radius 2 is 1.96 bits per heavy atom. The Bertz CT molecular complexity index is 937. The van der Waals surface area contributed by atoms with Gasteiger partial charge in [-0.3, -0.25) is 4.79 Å². The van der Waals surface area contributed by atoms with E-state index in [1.165, 1.54) is 6.07 Å². The van der Waals surface area contributed by atoms with Crippen molar-refractivity contribution in [1.82, 2.24) is 9.97 Å². The van der Waals surface area contributed by atoms with Crippen molar-refractivity contribution < 1.29 is 13.9 Å². The van der Waals surface area contributed by atoms with Gasteiger partial charge in [-0.2, -0.15) is 5.26 Å². The van der Waals surface area contributed by atoms with E-state index >= 15 is 0 Å². The number of halogens is 1. The molecule has 1 spiro atoms.